The lowest BCUT2D eigenvalue weighted by Gasteiger charge is -2.48. The largest absolute Gasteiger partial charge is 0.298 e. The molecule has 0 amide bonds. The Labute approximate surface area is 79.9 Å². The highest BCUT2D eigenvalue weighted by Crippen LogP contribution is 2.55. The van der Waals surface area contributed by atoms with Crippen LogP contribution in [0.2, 0.25) is 0 Å². The van der Waals surface area contributed by atoms with Crippen molar-refractivity contribution in [3.8, 4) is 6.07 Å². The summed E-state index contributed by atoms with van der Waals surface area (Å²) < 4.78 is 0. The van der Waals surface area contributed by atoms with Gasteiger partial charge in [0.1, 0.15) is 5.41 Å². The lowest BCUT2D eigenvalue weighted by molar-refractivity contribution is -0.138. The molecule has 0 aromatic rings. The molecular formula is C11H17NO. The van der Waals surface area contributed by atoms with Crippen molar-refractivity contribution >= 4 is 5.78 Å². The van der Waals surface area contributed by atoms with Crippen LogP contribution in [0.4, 0.5) is 0 Å². The van der Waals surface area contributed by atoms with Crippen LogP contribution in [-0.2, 0) is 4.79 Å². The number of nitriles is 1. The average molecular weight is 179 g/mol. The lowest BCUT2D eigenvalue weighted by atomic mass is 9.52. The Morgan fingerprint density at radius 3 is 2.08 bits per heavy atom. The van der Waals surface area contributed by atoms with Gasteiger partial charge in [-0.05, 0) is 18.3 Å². The van der Waals surface area contributed by atoms with Crippen LogP contribution >= 0.6 is 0 Å². The van der Waals surface area contributed by atoms with Crippen LogP contribution in [0, 0.1) is 28.1 Å². The molecule has 0 N–H and O–H groups in total. The van der Waals surface area contributed by atoms with Gasteiger partial charge in [-0.25, -0.2) is 0 Å². The van der Waals surface area contributed by atoms with Gasteiger partial charge in [0, 0.05) is 5.92 Å². The van der Waals surface area contributed by atoms with Crippen molar-refractivity contribution in [1.82, 2.24) is 0 Å². The first kappa shape index (κ1) is 10.2. The number of nitrogens with zero attached hydrogens (tertiary/aromatic N) is 1. The zero-order valence-electron chi connectivity index (χ0n) is 8.85. The van der Waals surface area contributed by atoms with E-state index in [0.29, 0.717) is 0 Å². The van der Waals surface area contributed by atoms with E-state index in [9.17, 15) is 4.79 Å². The fourth-order valence-corrected chi connectivity index (χ4v) is 2.44. The van der Waals surface area contributed by atoms with Crippen molar-refractivity contribution in [2.24, 2.45) is 16.7 Å². The number of hydrogen-bond acceptors (Lipinski definition) is 2. The Kier molecular flexibility index (Phi) is 2.23. The summed E-state index contributed by atoms with van der Waals surface area (Å²) in [7, 11) is 0. The first-order chi connectivity index (χ1) is 5.83. The van der Waals surface area contributed by atoms with E-state index >= 15 is 0 Å². The molecular weight excluding hydrogens is 162 g/mol. The molecule has 2 heteroatoms. The maximum absolute atomic E-state index is 11.7. The maximum Gasteiger partial charge on any atom is 0.155 e. The third-order valence-corrected chi connectivity index (χ3v) is 2.77. The Balaban J connectivity index is 2.78. The highest BCUT2D eigenvalue weighted by molar-refractivity contribution is 5.90. The quantitative estimate of drug-likeness (QED) is 0.653. The molecule has 1 aliphatic carbocycles. The molecule has 1 aliphatic rings. The zero-order chi connectivity index (χ0) is 10.3. The lowest BCUT2D eigenvalue weighted by Crippen LogP contribution is -2.49. The van der Waals surface area contributed by atoms with Gasteiger partial charge in [-0.1, -0.05) is 27.7 Å². The fourth-order valence-electron chi connectivity index (χ4n) is 2.44. The molecule has 0 unspecified atom stereocenters. The van der Waals surface area contributed by atoms with E-state index in [1.165, 1.54) is 0 Å². The molecule has 2 nitrogen and oxygen atoms in total. The minimum absolute atomic E-state index is 0.0178. The highest BCUT2D eigenvalue weighted by Gasteiger charge is 2.54. The van der Waals surface area contributed by atoms with Gasteiger partial charge in [-0.15, -0.1) is 0 Å². The Bertz CT molecular complexity index is 262. The first-order valence-electron chi connectivity index (χ1n) is 4.79. The summed E-state index contributed by atoms with van der Waals surface area (Å²) in [6.45, 7) is 7.95. The number of hydrogen-bond donors (Lipinski definition) is 0. The van der Waals surface area contributed by atoms with Crippen molar-refractivity contribution in [1.29, 1.82) is 5.26 Å². The van der Waals surface area contributed by atoms with Gasteiger partial charge in [-0.2, -0.15) is 5.26 Å². The van der Waals surface area contributed by atoms with Crippen LogP contribution < -0.4 is 0 Å². The van der Waals surface area contributed by atoms with E-state index in [2.05, 4.69) is 19.9 Å². The molecule has 0 bridgehead atoms. The number of carbonyl (C=O) groups is 1. The molecule has 1 fully saturated rings. The van der Waals surface area contributed by atoms with Crippen LogP contribution in [-0.4, -0.2) is 5.78 Å². The second-order valence-electron chi connectivity index (χ2n) is 5.23. The zero-order valence-corrected chi connectivity index (χ0v) is 8.85. The van der Waals surface area contributed by atoms with Gasteiger partial charge < -0.3 is 0 Å². The van der Waals surface area contributed by atoms with Gasteiger partial charge in [-0.3, -0.25) is 4.79 Å². The Hall–Kier alpha value is -0.840. The van der Waals surface area contributed by atoms with Crippen molar-refractivity contribution in [3.05, 3.63) is 0 Å². The monoisotopic (exact) mass is 179 g/mol. The van der Waals surface area contributed by atoms with Crippen LogP contribution in [0.1, 0.15) is 40.5 Å². The molecule has 0 aromatic heterocycles. The minimum atomic E-state index is -0.655. The maximum atomic E-state index is 11.7. The third-order valence-electron chi connectivity index (χ3n) is 2.77. The fraction of sp³-hybridized carbons (Fsp3) is 0.818. The molecule has 0 saturated heterocycles. The third kappa shape index (κ3) is 1.60. The molecule has 0 heterocycles. The summed E-state index contributed by atoms with van der Waals surface area (Å²) >= 11 is 0. The number of carbonyl (C=O) groups excluding carboxylic acids is 1. The predicted octanol–water partition coefficient (Wildman–Crippen LogP) is 2.54. The van der Waals surface area contributed by atoms with E-state index in [1.54, 1.807) is 0 Å². The predicted molar refractivity (Wildman–Crippen MR) is 50.9 cm³/mol. The second kappa shape index (κ2) is 2.83. The van der Waals surface area contributed by atoms with Gasteiger partial charge in [0.15, 0.2) is 5.78 Å². The van der Waals surface area contributed by atoms with Gasteiger partial charge in [0.05, 0.1) is 6.07 Å². The normalized spacial score (nSPS) is 23.4. The average Bonchev–Trinajstić information content (AvgIpc) is 1.97. The minimum Gasteiger partial charge on any atom is -0.298 e. The molecule has 0 radical (unpaired) electrons. The van der Waals surface area contributed by atoms with Crippen LogP contribution in [0.3, 0.4) is 0 Å². The standard InChI is InChI=1S/C11H17NO/c1-8(2)9(13)11(7-12)5-10(3,4)6-11/h8H,5-6H2,1-4H3. The molecule has 0 spiro atoms. The van der Waals surface area contributed by atoms with Gasteiger partial charge >= 0.3 is 0 Å². The topological polar surface area (TPSA) is 40.9 Å². The number of ketones is 1. The smallest absolute Gasteiger partial charge is 0.155 e. The summed E-state index contributed by atoms with van der Waals surface area (Å²) in [6.07, 6.45) is 1.46. The summed E-state index contributed by atoms with van der Waals surface area (Å²) in [5.41, 5.74) is -0.474. The van der Waals surface area contributed by atoms with Crippen LogP contribution in [0.25, 0.3) is 0 Å². The molecule has 1 saturated carbocycles. The van der Waals surface area contributed by atoms with Crippen LogP contribution in [0.5, 0.6) is 0 Å². The number of rotatable bonds is 2. The van der Waals surface area contributed by atoms with Crippen molar-refractivity contribution in [3.63, 3.8) is 0 Å². The SMILES string of the molecule is CC(C)C(=O)C1(C#N)CC(C)(C)C1. The molecule has 1 rings (SSSR count). The van der Waals surface area contributed by atoms with Gasteiger partial charge in [0.2, 0.25) is 0 Å². The second-order valence-corrected chi connectivity index (χ2v) is 5.23. The van der Waals surface area contributed by atoms with E-state index in [-0.39, 0.29) is 17.1 Å². The summed E-state index contributed by atoms with van der Waals surface area (Å²) in [5, 5.41) is 9.02. The molecule has 0 aliphatic heterocycles. The number of Topliss-reactive ketones (excluding diaryl/α,β-unsaturated/α-hetero) is 1. The molecule has 0 aromatic carbocycles. The van der Waals surface area contributed by atoms with E-state index in [0.717, 1.165) is 12.8 Å². The Morgan fingerprint density at radius 1 is 1.38 bits per heavy atom. The first-order valence-corrected chi connectivity index (χ1v) is 4.79. The molecule has 72 valence electrons. The van der Waals surface area contributed by atoms with Crippen LogP contribution in [0.15, 0.2) is 0 Å². The summed E-state index contributed by atoms with van der Waals surface area (Å²) in [5.74, 6) is 0.102. The molecule has 0 atom stereocenters. The highest BCUT2D eigenvalue weighted by atomic mass is 16.1. The van der Waals surface area contributed by atoms with E-state index in [4.69, 9.17) is 5.26 Å². The van der Waals surface area contributed by atoms with E-state index in [1.807, 2.05) is 13.8 Å². The van der Waals surface area contributed by atoms with Crippen molar-refractivity contribution in [2.45, 2.75) is 40.5 Å². The van der Waals surface area contributed by atoms with Crippen molar-refractivity contribution in [2.75, 3.05) is 0 Å². The van der Waals surface area contributed by atoms with E-state index < -0.39 is 5.41 Å². The summed E-state index contributed by atoms with van der Waals surface area (Å²) in [6, 6.07) is 2.20. The van der Waals surface area contributed by atoms with Crippen molar-refractivity contribution < 1.29 is 4.79 Å². The Morgan fingerprint density at radius 2 is 1.85 bits per heavy atom. The van der Waals surface area contributed by atoms with Gasteiger partial charge in [0.25, 0.3) is 0 Å². The molecule has 13 heavy (non-hydrogen) atoms. The summed E-state index contributed by atoms with van der Waals surface area (Å²) in [4.78, 5) is 11.7.